The van der Waals surface area contributed by atoms with Crippen LogP contribution in [0.4, 0.5) is 0 Å². The Hall–Kier alpha value is -0.460. The Kier molecular flexibility index (Phi) is 3.32. The fraction of sp³-hybridized carbons (Fsp3) is 0.800. The van der Waals surface area contributed by atoms with E-state index in [0.717, 1.165) is 31.4 Å². The molecule has 90 valence electrons. The van der Waals surface area contributed by atoms with Gasteiger partial charge < -0.3 is 10.4 Å². The first-order chi connectivity index (χ1) is 7.57. The highest BCUT2D eigenvalue weighted by atomic mass is 79.9. The standard InChI is InChI=1S/C10H17BrN4O/c1-12-7-3-5-10(16,6-4-7)8-9(11)13-14-15(8)2/h7,12,16H,3-6H2,1-2H3. The number of halogens is 1. The summed E-state index contributed by atoms with van der Waals surface area (Å²) in [7, 11) is 3.78. The summed E-state index contributed by atoms with van der Waals surface area (Å²) in [6.45, 7) is 0. The van der Waals surface area contributed by atoms with Crippen LogP contribution >= 0.6 is 15.9 Å². The van der Waals surface area contributed by atoms with Crippen molar-refractivity contribution in [2.24, 2.45) is 7.05 Å². The SMILES string of the molecule is CNC1CCC(O)(c2c(Br)nnn2C)CC1. The van der Waals surface area contributed by atoms with Gasteiger partial charge in [0.2, 0.25) is 0 Å². The fourth-order valence-electron chi connectivity index (χ4n) is 2.45. The van der Waals surface area contributed by atoms with E-state index in [2.05, 4.69) is 31.6 Å². The van der Waals surface area contributed by atoms with E-state index in [1.807, 2.05) is 14.1 Å². The van der Waals surface area contributed by atoms with Gasteiger partial charge in [0.1, 0.15) is 11.3 Å². The highest BCUT2D eigenvalue weighted by Gasteiger charge is 2.38. The van der Waals surface area contributed by atoms with Gasteiger partial charge in [0.25, 0.3) is 0 Å². The zero-order valence-electron chi connectivity index (χ0n) is 9.57. The molecule has 0 aromatic carbocycles. The van der Waals surface area contributed by atoms with Gasteiger partial charge in [-0.25, -0.2) is 4.68 Å². The van der Waals surface area contributed by atoms with Crippen molar-refractivity contribution in [3.63, 3.8) is 0 Å². The Morgan fingerprint density at radius 2 is 2.12 bits per heavy atom. The molecule has 0 saturated heterocycles. The summed E-state index contributed by atoms with van der Waals surface area (Å²) >= 11 is 3.35. The third-order valence-corrected chi connectivity index (χ3v) is 3.98. The maximum Gasteiger partial charge on any atom is 0.154 e. The second kappa shape index (κ2) is 4.43. The summed E-state index contributed by atoms with van der Waals surface area (Å²) < 4.78 is 2.31. The zero-order valence-corrected chi connectivity index (χ0v) is 11.2. The Balaban J connectivity index is 2.21. The predicted molar refractivity (Wildman–Crippen MR) is 63.9 cm³/mol. The Morgan fingerprint density at radius 3 is 2.56 bits per heavy atom. The van der Waals surface area contributed by atoms with Crippen LogP contribution in [0.25, 0.3) is 0 Å². The van der Waals surface area contributed by atoms with E-state index in [-0.39, 0.29) is 0 Å². The molecule has 1 fully saturated rings. The van der Waals surface area contributed by atoms with Crippen molar-refractivity contribution in [1.82, 2.24) is 20.3 Å². The van der Waals surface area contributed by atoms with Gasteiger partial charge in [-0.2, -0.15) is 0 Å². The molecule has 0 bridgehead atoms. The average molecular weight is 289 g/mol. The highest BCUT2D eigenvalue weighted by Crippen LogP contribution is 2.39. The van der Waals surface area contributed by atoms with Crippen molar-refractivity contribution >= 4 is 15.9 Å². The quantitative estimate of drug-likeness (QED) is 0.850. The molecule has 1 aromatic heterocycles. The third-order valence-electron chi connectivity index (χ3n) is 3.45. The average Bonchev–Trinajstić information content (AvgIpc) is 2.60. The largest absolute Gasteiger partial charge is 0.383 e. The molecule has 1 aliphatic carbocycles. The lowest BCUT2D eigenvalue weighted by Crippen LogP contribution is -2.39. The number of nitrogens with one attached hydrogen (secondary N) is 1. The third kappa shape index (κ3) is 2.01. The van der Waals surface area contributed by atoms with E-state index in [1.54, 1.807) is 4.68 Å². The number of aromatic nitrogens is 3. The predicted octanol–water partition coefficient (Wildman–Crippen LogP) is 0.927. The second-order valence-electron chi connectivity index (χ2n) is 4.45. The van der Waals surface area contributed by atoms with E-state index in [1.165, 1.54) is 0 Å². The summed E-state index contributed by atoms with van der Waals surface area (Å²) in [5.74, 6) is 0. The van der Waals surface area contributed by atoms with Crippen molar-refractivity contribution < 1.29 is 5.11 Å². The van der Waals surface area contributed by atoms with E-state index >= 15 is 0 Å². The number of hydrogen-bond donors (Lipinski definition) is 2. The van der Waals surface area contributed by atoms with E-state index in [0.29, 0.717) is 10.6 Å². The van der Waals surface area contributed by atoms with Crippen LogP contribution in [0, 0.1) is 0 Å². The molecule has 0 unspecified atom stereocenters. The van der Waals surface area contributed by atoms with Crippen LogP contribution in [-0.2, 0) is 12.6 Å². The van der Waals surface area contributed by atoms with Gasteiger partial charge in [0.15, 0.2) is 4.60 Å². The van der Waals surface area contributed by atoms with Crippen LogP contribution in [0.15, 0.2) is 4.60 Å². The molecular weight excluding hydrogens is 272 g/mol. The zero-order chi connectivity index (χ0) is 11.8. The van der Waals surface area contributed by atoms with Gasteiger partial charge >= 0.3 is 0 Å². The summed E-state index contributed by atoms with van der Waals surface area (Å²) in [5, 5.41) is 21.8. The van der Waals surface area contributed by atoms with Gasteiger partial charge in [-0.3, -0.25) is 0 Å². The molecule has 16 heavy (non-hydrogen) atoms. The number of hydrogen-bond acceptors (Lipinski definition) is 4. The van der Waals surface area contributed by atoms with Gasteiger partial charge in [-0.1, -0.05) is 5.21 Å². The van der Waals surface area contributed by atoms with E-state index < -0.39 is 5.60 Å². The van der Waals surface area contributed by atoms with Crippen LogP contribution in [0.2, 0.25) is 0 Å². The van der Waals surface area contributed by atoms with Gasteiger partial charge in [0, 0.05) is 13.1 Å². The molecule has 6 heteroatoms. The van der Waals surface area contributed by atoms with Crippen molar-refractivity contribution in [1.29, 1.82) is 0 Å². The number of aliphatic hydroxyl groups is 1. The maximum absolute atomic E-state index is 10.6. The number of nitrogens with zero attached hydrogens (tertiary/aromatic N) is 3. The molecule has 0 spiro atoms. The summed E-state index contributed by atoms with van der Waals surface area (Å²) in [4.78, 5) is 0. The Bertz CT molecular complexity index is 351. The van der Waals surface area contributed by atoms with Gasteiger partial charge in [-0.05, 0) is 48.7 Å². The lowest BCUT2D eigenvalue weighted by molar-refractivity contribution is -0.0153. The highest BCUT2D eigenvalue weighted by molar-refractivity contribution is 9.10. The first kappa shape index (κ1) is 12.0. The molecule has 2 rings (SSSR count). The van der Waals surface area contributed by atoms with Crippen molar-refractivity contribution in [2.45, 2.75) is 37.3 Å². The van der Waals surface area contributed by atoms with Gasteiger partial charge in [0.05, 0.1) is 0 Å². The molecule has 1 aliphatic rings. The Morgan fingerprint density at radius 1 is 1.50 bits per heavy atom. The molecular formula is C10H17BrN4O. The van der Waals surface area contributed by atoms with Crippen molar-refractivity contribution in [3.8, 4) is 0 Å². The summed E-state index contributed by atoms with van der Waals surface area (Å²) in [6.07, 6.45) is 3.45. The van der Waals surface area contributed by atoms with E-state index in [9.17, 15) is 5.11 Å². The summed E-state index contributed by atoms with van der Waals surface area (Å²) in [5.41, 5.74) is 0.00630. The minimum Gasteiger partial charge on any atom is -0.383 e. The van der Waals surface area contributed by atoms with Crippen LogP contribution < -0.4 is 5.32 Å². The van der Waals surface area contributed by atoms with Crippen LogP contribution in [-0.4, -0.2) is 33.2 Å². The van der Waals surface area contributed by atoms with Crippen LogP contribution in [0.5, 0.6) is 0 Å². The first-order valence-corrected chi connectivity index (χ1v) is 6.31. The molecule has 1 aromatic rings. The monoisotopic (exact) mass is 288 g/mol. The normalized spacial score (nSPS) is 30.6. The lowest BCUT2D eigenvalue weighted by Gasteiger charge is -2.35. The smallest absolute Gasteiger partial charge is 0.154 e. The first-order valence-electron chi connectivity index (χ1n) is 5.52. The molecule has 5 nitrogen and oxygen atoms in total. The lowest BCUT2D eigenvalue weighted by atomic mass is 9.80. The topological polar surface area (TPSA) is 63.0 Å². The molecule has 0 aliphatic heterocycles. The molecule has 0 radical (unpaired) electrons. The second-order valence-corrected chi connectivity index (χ2v) is 5.20. The van der Waals surface area contributed by atoms with Crippen LogP contribution in [0.1, 0.15) is 31.4 Å². The van der Waals surface area contributed by atoms with E-state index in [4.69, 9.17) is 0 Å². The molecule has 0 amide bonds. The minimum atomic E-state index is -0.787. The molecule has 2 N–H and O–H groups in total. The fourth-order valence-corrected chi connectivity index (χ4v) is 3.14. The van der Waals surface area contributed by atoms with Crippen molar-refractivity contribution in [2.75, 3.05) is 7.05 Å². The van der Waals surface area contributed by atoms with Crippen molar-refractivity contribution in [3.05, 3.63) is 10.3 Å². The minimum absolute atomic E-state index is 0.514. The number of rotatable bonds is 2. The Labute approximate surface area is 103 Å². The molecule has 1 heterocycles. The maximum atomic E-state index is 10.6. The molecule has 0 atom stereocenters. The van der Waals surface area contributed by atoms with Gasteiger partial charge in [-0.15, -0.1) is 5.10 Å². The number of aryl methyl sites for hydroxylation is 1. The summed E-state index contributed by atoms with van der Waals surface area (Å²) in [6, 6.07) is 0.514. The van der Waals surface area contributed by atoms with Crippen LogP contribution in [0.3, 0.4) is 0 Å². The molecule has 1 saturated carbocycles.